The molecule has 1 amide bonds. The SMILES string of the molecule is CC/C=C\C/C=C\C/C=C\C/C=C\C/C=C\C/C=C\CCCCCCCCC(=O)OC(/C=C/CCCCCCCCCCCC)C(COP(=O)(O)OCC[N+](C)(C)C)NC(=O)CCCCCCC/C=C\C/C=C\C/C=C\C/C=C\C/C=C\CC. The number of carbonyl (C=O) groups is 2. The zero-order chi connectivity index (χ0) is 61.4. The second-order valence-corrected chi connectivity index (χ2v) is 24.7. The Balaban J connectivity index is 5.24. The molecule has 0 bridgehead atoms. The minimum Gasteiger partial charge on any atom is -0.456 e. The summed E-state index contributed by atoms with van der Waals surface area (Å²) in [5.74, 6) is -0.553. The summed E-state index contributed by atoms with van der Waals surface area (Å²) in [6.07, 6.45) is 89.9. The van der Waals surface area contributed by atoms with Gasteiger partial charge in [-0.25, -0.2) is 4.57 Å². The largest absolute Gasteiger partial charge is 0.472 e. The van der Waals surface area contributed by atoms with E-state index < -0.39 is 20.0 Å². The van der Waals surface area contributed by atoms with Crippen molar-refractivity contribution in [3.63, 3.8) is 0 Å². The molecule has 0 aliphatic heterocycles. The van der Waals surface area contributed by atoms with Crippen LogP contribution in [0, 0.1) is 0 Å². The average Bonchev–Trinajstić information content (AvgIpc) is 3.64. The van der Waals surface area contributed by atoms with Crippen LogP contribution in [0.25, 0.3) is 0 Å². The van der Waals surface area contributed by atoms with E-state index in [2.05, 4.69) is 160 Å². The molecule has 0 saturated carbocycles. The first-order valence-corrected chi connectivity index (χ1v) is 35.2. The highest BCUT2D eigenvalue weighted by Gasteiger charge is 2.30. The molecule has 0 aromatic heterocycles. The van der Waals surface area contributed by atoms with Crippen molar-refractivity contribution in [2.24, 2.45) is 0 Å². The fourth-order valence-electron chi connectivity index (χ4n) is 8.91. The molecule has 0 fully saturated rings. The highest BCUT2D eigenvalue weighted by molar-refractivity contribution is 7.47. The third-order valence-electron chi connectivity index (χ3n) is 14.0. The highest BCUT2D eigenvalue weighted by Crippen LogP contribution is 2.43. The Labute approximate surface area is 517 Å². The summed E-state index contributed by atoms with van der Waals surface area (Å²) in [6, 6.07) is -0.877. The van der Waals surface area contributed by atoms with Crippen LogP contribution in [0.4, 0.5) is 0 Å². The number of ether oxygens (including phenoxy) is 1. The molecule has 3 unspecified atom stereocenters. The number of unbranched alkanes of at least 4 members (excludes halogenated alkanes) is 21. The fourth-order valence-corrected chi connectivity index (χ4v) is 9.65. The molecule has 478 valence electrons. The Morgan fingerprint density at radius 2 is 0.762 bits per heavy atom. The van der Waals surface area contributed by atoms with Crippen LogP contribution >= 0.6 is 7.82 Å². The number of nitrogens with zero attached hydrogens (tertiary/aromatic N) is 1. The van der Waals surface area contributed by atoms with E-state index >= 15 is 0 Å². The van der Waals surface area contributed by atoms with E-state index in [1.165, 1.54) is 51.4 Å². The first-order chi connectivity index (χ1) is 40.9. The van der Waals surface area contributed by atoms with Crippen molar-refractivity contribution in [1.29, 1.82) is 0 Å². The number of nitrogens with one attached hydrogen (secondary N) is 1. The van der Waals surface area contributed by atoms with Crippen molar-refractivity contribution in [3.05, 3.63) is 146 Å². The fraction of sp³-hybridized carbons (Fsp3) is 0.649. The van der Waals surface area contributed by atoms with Gasteiger partial charge in [0.05, 0.1) is 33.8 Å². The number of esters is 1. The topological polar surface area (TPSA) is 111 Å². The van der Waals surface area contributed by atoms with Gasteiger partial charge in [0.1, 0.15) is 19.3 Å². The van der Waals surface area contributed by atoms with Gasteiger partial charge < -0.3 is 19.4 Å². The lowest BCUT2D eigenvalue weighted by molar-refractivity contribution is -0.870. The summed E-state index contributed by atoms with van der Waals surface area (Å²) >= 11 is 0. The number of carbonyl (C=O) groups excluding carboxylic acids is 2. The van der Waals surface area contributed by atoms with Crippen LogP contribution < -0.4 is 5.32 Å². The van der Waals surface area contributed by atoms with Gasteiger partial charge in [-0.05, 0) is 128 Å². The molecule has 3 atom stereocenters. The van der Waals surface area contributed by atoms with Gasteiger partial charge in [-0.15, -0.1) is 0 Å². The molecule has 0 aliphatic rings. The van der Waals surface area contributed by atoms with Gasteiger partial charge in [0, 0.05) is 12.8 Å². The number of likely N-dealkylation sites (N-methyl/N-ethyl adjacent to an activating group) is 1. The number of hydrogen-bond donors (Lipinski definition) is 2. The van der Waals surface area contributed by atoms with Crippen molar-refractivity contribution in [2.45, 2.75) is 270 Å². The maximum atomic E-state index is 13.6. The molecule has 0 aromatic carbocycles. The van der Waals surface area contributed by atoms with E-state index in [0.29, 0.717) is 23.9 Å². The molecule has 0 heterocycles. The molecule has 2 N–H and O–H groups in total. The summed E-state index contributed by atoms with van der Waals surface area (Å²) < 4.78 is 30.8. The number of rotatable bonds is 59. The summed E-state index contributed by atoms with van der Waals surface area (Å²) in [4.78, 5) is 37.8. The van der Waals surface area contributed by atoms with Crippen molar-refractivity contribution in [1.82, 2.24) is 5.32 Å². The molecule has 0 radical (unpaired) electrons. The predicted molar refractivity (Wildman–Crippen MR) is 364 cm³/mol. The monoisotopic (exact) mass is 1190 g/mol. The molecule has 84 heavy (non-hydrogen) atoms. The third kappa shape index (κ3) is 62.4. The Bertz CT molecular complexity index is 1950. The van der Waals surface area contributed by atoms with Crippen molar-refractivity contribution < 1.29 is 37.3 Å². The molecule has 0 aromatic rings. The van der Waals surface area contributed by atoms with E-state index in [9.17, 15) is 19.0 Å². The number of phosphoric acid groups is 1. The molecule has 0 saturated heterocycles. The second kappa shape index (κ2) is 62.0. The van der Waals surface area contributed by atoms with Crippen LogP contribution in [0.3, 0.4) is 0 Å². The van der Waals surface area contributed by atoms with E-state index in [4.69, 9.17) is 13.8 Å². The quantitative estimate of drug-likeness (QED) is 0.0205. The first-order valence-electron chi connectivity index (χ1n) is 33.7. The van der Waals surface area contributed by atoms with Crippen LogP contribution in [0.2, 0.25) is 0 Å². The van der Waals surface area contributed by atoms with Crippen molar-refractivity contribution in [3.8, 4) is 0 Å². The highest BCUT2D eigenvalue weighted by atomic mass is 31.2. The van der Waals surface area contributed by atoms with Gasteiger partial charge in [0.2, 0.25) is 5.91 Å². The van der Waals surface area contributed by atoms with Crippen molar-refractivity contribution in [2.75, 3.05) is 40.9 Å². The lowest BCUT2D eigenvalue weighted by atomic mass is 10.0. The molecule has 0 spiro atoms. The van der Waals surface area contributed by atoms with Gasteiger partial charge in [-0.1, -0.05) is 263 Å². The standard InChI is InChI=1S/C74H125N2O7P/c1-7-10-13-16-19-22-25-28-30-32-34-36-37-38-39-41-43-45-47-49-52-55-58-61-64-67-74(78)83-72(65-62-59-56-53-50-27-24-21-18-15-12-9-3)71(70-82-84(79,80)81-69-68-76(4,5)6)75-73(77)66-63-60-57-54-51-48-46-44-42-40-35-33-31-29-26-23-20-17-14-11-8-2/h10-11,13-14,19-20,22-23,28-31,34-36,38-40,43-46,62,65,71-72H,7-9,12,15-18,21,24-27,32-33,37,41-42,47-61,63-64,66-70H2,1-6H3,(H-,75,77,79,80)/p+1/b13-10-,14-11-,22-19-,23-20-,30-28-,31-29-,36-34-,39-38-,40-35-,45-43-,46-44-,65-62+. The van der Waals surface area contributed by atoms with Crippen molar-refractivity contribution >= 4 is 19.7 Å². The van der Waals surface area contributed by atoms with E-state index in [0.717, 1.165) is 167 Å². The molecule has 9 nitrogen and oxygen atoms in total. The summed E-state index contributed by atoms with van der Waals surface area (Å²) in [6.45, 7) is 6.75. The summed E-state index contributed by atoms with van der Waals surface area (Å²) in [5, 5.41) is 3.05. The molecule has 10 heteroatoms. The first kappa shape index (κ1) is 79.9. The lowest BCUT2D eigenvalue weighted by Crippen LogP contribution is -2.47. The average molecular weight is 1190 g/mol. The number of amides is 1. The Morgan fingerprint density at radius 3 is 1.14 bits per heavy atom. The normalized spacial score (nSPS) is 14.5. The molecule has 0 aliphatic carbocycles. The van der Waals surface area contributed by atoms with Gasteiger partial charge in [-0.2, -0.15) is 0 Å². The van der Waals surface area contributed by atoms with E-state index in [-0.39, 0.29) is 31.5 Å². The van der Waals surface area contributed by atoms with Gasteiger partial charge in [-0.3, -0.25) is 18.6 Å². The van der Waals surface area contributed by atoms with Gasteiger partial charge in [0.15, 0.2) is 0 Å². The minimum absolute atomic E-state index is 0.0251. The Hall–Kier alpha value is -4.11. The maximum Gasteiger partial charge on any atom is 0.472 e. The second-order valence-electron chi connectivity index (χ2n) is 23.2. The number of quaternary nitrogens is 1. The van der Waals surface area contributed by atoms with Crippen LogP contribution in [-0.2, 0) is 27.9 Å². The molecule has 0 rings (SSSR count). The minimum atomic E-state index is -4.47. The Kier molecular flexibility index (Phi) is 58.9. The summed E-state index contributed by atoms with van der Waals surface area (Å²) in [5.41, 5.74) is 0. The summed E-state index contributed by atoms with van der Waals surface area (Å²) in [7, 11) is 1.45. The van der Waals surface area contributed by atoms with Crippen LogP contribution in [-0.4, -0.2) is 74.3 Å². The maximum absolute atomic E-state index is 13.6. The molecular formula is C74H126N2O7P+. The zero-order valence-corrected chi connectivity index (χ0v) is 55.5. The van der Waals surface area contributed by atoms with Gasteiger partial charge in [0.25, 0.3) is 0 Å². The van der Waals surface area contributed by atoms with E-state index in [1.54, 1.807) is 0 Å². The number of phosphoric ester groups is 1. The predicted octanol–water partition coefficient (Wildman–Crippen LogP) is 21.4. The Morgan fingerprint density at radius 1 is 0.429 bits per heavy atom. The third-order valence-corrected chi connectivity index (χ3v) is 15.0. The van der Waals surface area contributed by atoms with Crippen LogP contribution in [0.5, 0.6) is 0 Å². The van der Waals surface area contributed by atoms with E-state index in [1.807, 2.05) is 33.3 Å². The number of allylic oxidation sites excluding steroid dienone is 23. The van der Waals surface area contributed by atoms with Crippen LogP contribution in [0.15, 0.2) is 146 Å². The number of hydrogen-bond acceptors (Lipinski definition) is 6. The zero-order valence-electron chi connectivity index (χ0n) is 54.6. The lowest BCUT2D eigenvalue weighted by Gasteiger charge is -2.27. The molecular weight excluding hydrogens is 1060 g/mol. The van der Waals surface area contributed by atoms with Gasteiger partial charge >= 0.3 is 13.8 Å². The smallest absolute Gasteiger partial charge is 0.456 e. The van der Waals surface area contributed by atoms with Crippen LogP contribution in [0.1, 0.15) is 258 Å².